The zero-order valence-corrected chi connectivity index (χ0v) is 10.9. The van der Waals surface area contributed by atoms with E-state index in [4.69, 9.17) is 16.3 Å². The second kappa shape index (κ2) is 5.89. The van der Waals surface area contributed by atoms with E-state index in [0.717, 1.165) is 16.9 Å². The van der Waals surface area contributed by atoms with Gasteiger partial charge in [0.15, 0.2) is 0 Å². The summed E-state index contributed by atoms with van der Waals surface area (Å²) in [5.74, 6) is 0.786. The molecule has 0 bridgehead atoms. The lowest BCUT2D eigenvalue weighted by atomic mass is 10.0. The van der Waals surface area contributed by atoms with Crippen molar-refractivity contribution in [3.8, 4) is 5.75 Å². The van der Waals surface area contributed by atoms with Crippen molar-refractivity contribution < 1.29 is 9.84 Å². The molecule has 3 heteroatoms. The van der Waals surface area contributed by atoms with E-state index < -0.39 is 6.10 Å². The molecule has 0 radical (unpaired) electrons. The third-order valence-corrected chi connectivity index (χ3v) is 3.05. The van der Waals surface area contributed by atoms with Crippen LogP contribution in [0.1, 0.15) is 17.2 Å². The Bertz CT molecular complexity index is 508. The molecular formula is C15H15ClO2. The first-order valence-corrected chi connectivity index (χ1v) is 6.13. The lowest BCUT2D eigenvalue weighted by Gasteiger charge is -2.12. The van der Waals surface area contributed by atoms with E-state index in [1.165, 1.54) is 0 Å². The molecule has 0 aromatic heterocycles. The van der Waals surface area contributed by atoms with Crippen LogP contribution in [0.15, 0.2) is 48.5 Å². The van der Waals surface area contributed by atoms with Crippen molar-refractivity contribution in [2.45, 2.75) is 12.5 Å². The predicted molar refractivity (Wildman–Crippen MR) is 73.1 cm³/mol. The SMILES string of the molecule is COc1ccc(C(O)Cc2cccc(Cl)c2)cc1. The molecule has 0 amide bonds. The van der Waals surface area contributed by atoms with Gasteiger partial charge in [-0.15, -0.1) is 0 Å². The van der Waals surface area contributed by atoms with E-state index in [1.54, 1.807) is 7.11 Å². The molecule has 2 aromatic carbocycles. The van der Waals surface area contributed by atoms with Gasteiger partial charge in [0, 0.05) is 11.4 Å². The van der Waals surface area contributed by atoms with Gasteiger partial charge in [-0.05, 0) is 35.4 Å². The third-order valence-electron chi connectivity index (χ3n) is 2.82. The number of halogens is 1. The monoisotopic (exact) mass is 262 g/mol. The van der Waals surface area contributed by atoms with Crippen molar-refractivity contribution in [2.75, 3.05) is 7.11 Å². The lowest BCUT2D eigenvalue weighted by Crippen LogP contribution is -2.01. The predicted octanol–water partition coefficient (Wildman–Crippen LogP) is 3.62. The molecule has 2 rings (SSSR count). The van der Waals surface area contributed by atoms with Crippen LogP contribution in [0.4, 0.5) is 0 Å². The molecule has 2 aromatic rings. The number of hydrogen-bond donors (Lipinski definition) is 1. The Morgan fingerprint density at radius 3 is 2.50 bits per heavy atom. The van der Waals surface area contributed by atoms with Gasteiger partial charge in [0.1, 0.15) is 5.75 Å². The molecule has 18 heavy (non-hydrogen) atoms. The molecule has 0 aliphatic rings. The quantitative estimate of drug-likeness (QED) is 0.912. The Balaban J connectivity index is 2.09. The zero-order valence-electron chi connectivity index (χ0n) is 10.1. The number of ether oxygens (including phenoxy) is 1. The summed E-state index contributed by atoms with van der Waals surface area (Å²) in [7, 11) is 1.62. The van der Waals surface area contributed by atoms with Crippen LogP contribution >= 0.6 is 11.6 Å². The zero-order chi connectivity index (χ0) is 13.0. The Hall–Kier alpha value is -1.51. The van der Waals surface area contributed by atoms with E-state index in [9.17, 15) is 5.11 Å². The van der Waals surface area contributed by atoms with Gasteiger partial charge < -0.3 is 9.84 Å². The molecular weight excluding hydrogens is 248 g/mol. The second-order valence-corrected chi connectivity index (χ2v) is 4.56. The maximum atomic E-state index is 10.1. The fraction of sp³-hybridized carbons (Fsp3) is 0.200. The molecule has 94 valence electrons. The first-order chi connectivity index (χ1) is 8.69. The molecule has 0 saturated heterocycles. The molecule has 0 aliphatic heterocycles. The van der Waals surface area contributed by atoms with E-state index in [2.05, 4.69) is 0 Å². The summed E-state index contributed by atoms with van der Waals surface area (Å²) in [6, 6.07) is 15.0. The molecule has 0 fully saturated rings. The number of methoxy groups -OCH3 is 1. The van der Waals surface area contributed by atoms with Crippen molar-refractivity contribution in [1.82, 2.24) is 0 Å². The van der Waals surface area contributed by atoms with Gasteiger partial charge in [0.2, 0.25) is 0 Å². The van der Waals surface area contributed by atoms with E-state index in [-0.39, 0.29) is 0 Å². The molecule has 0 heterocycles. The maximum Gasteiger partial charge on any atom is 0.118 e. The fourth-order valence-corrected chi connectivity index (χ4v) is 2.04. The third kappa shape index (κ3) is 3.25. The summed E-state index contributed by atoms with van der Waals surface area (Å²) >= 11 is 5.92. The summed E-state index contributed by atoms with van der Waals surface area (Å²) in [5, 5.41) is 10.8. The maximum absolute atomic E-state index is 10.1. The number of benzene rings is 2. The highest BCUT2D eigenvalue weighted by molar-refractivity contribution is 6.30. The van der Waals surface area contributed by atoms with Crippen LogP contribution < -0.4 is 4.74 Å². The van der Waals surface area contributed by atoms with Gasteiger partial charge in [0.05, 0.1) is 13.2 Å². The van der Waals surface area contributed by atoms with Crippen LogP contribution in [-0.2, 0) is 6.42 Å². The average Bonchev–Trinajstić information content (AvgIpc) is 2.39. The summed E-state index contributed by atoms with van der Waals surface area (Å²) < 4.78 is 5.08. The Morgan fingerprint density at radius 2 is 1.89 bits per heavy atom. The summed E-state index contributed by atoms with van der Waals surface area (Å²) in [6.45, 7) is 0. The number of aliphatic hydroxyl groups excluding tert-OH is 1. The minimum atomic E-state index is -0.533. The number of aliphatic hydroxyl groups is 1. The molecule has 0 saturated carbocycles. The highest BCUT2D eigenvalue weighted by atomic mass is 35.5. The molecule has 0 spiro atoms. The van der Waals surface area contributed by atoms with Crippen LogP contribution in [0.5, 0.6) is 5.75 Å². The van der Waals surface area contributed by atoms with Crippen LogP contribution in [0, 0.1) is 0 Å². The first kappa shape index (κ1) is 12.9. The molecule has 1 N–H and O–H groups in total. The summed E-state index contributed by atoms with van der Waals surface area (Å²) in [6.07, 6.45) is 0.0155. The molecule has 0 aliphatic carbocycles. The normalized spacial score (nSPS) is 12.2. The van der Waals surface area contributed by atoms with Gasteiger partial charge in [-0.3, -0.25) is 0 Å². The van der Waals surface area contributed by atoms with Gasteiger partial charge in [-0.1, -0.05) is 35.9 Å². The van der Waals surface area contributed by atoms with Crippen molar-refractivity contribution in [1.29, 1.82) is 0 Å². The van der Waals surface area contributed by atoms with Gasteiger partial charge in [-0.2, -0.15) is 0 Å². The number of hydrogen-bond acceptors (Lipinski definition) is 2. The van der Waals surface area contributed by atoms with Crippen molar-refractivity contribution in [3.63, 3.8) is 0 Å². The Morgan fingerprint density at radius 1 is 1.17 bits per heavy atom. The van der Waals surface area contributed by atoms with Crippen molar-refractivity contribution >= 4 is 11.6 Å². The van der Waals surface area contributed by atoms with Gasteiger partial charge in [-0.25, -0.2) is 0 Å². The highest BCUT2D eigenvalue weighted by Gasteiger charge is 2.08. The minimum Gasteiger partial charge on any atom is -0.497 e. The largest absolute Gasteiger partial charge is 0.497 e. The highest BCUT2D eigenvalue weighted by Crippen LogP contribution is 2.22. The number of rotatable bonds is 4. The Labute approximate surface area is 112 Å². The topological polar surface area (TPSA) is 29.5 Å². The Kier molecular flexibility index (Phi) is 4.24. The standard InChI is InChI=1S/C15H15ClO2/c1-18-14-7-5-12(6-8-14)15(17)10-11-3-2-4-13(16)9-11/h2-9,15,17H,10H2,1H3. The van der Waals surface area contributed by atoms with Crippen LogP contribution in [0.25, 0.3) is 0 Å². The van der Waals surface area contributed by atoms with E-state index >= 15 is 0 Å². The average molecular weight is 263 g/mol. The fourth-order valence-electron chi connectivity index (χ4n) is 1.83. The second-order valence-electron chi connectivity index (χ2n) is 4.12. The van der Waals surface area contributed by atoms with Gasteiger partial charge >= 0.3 is 0 Å². The van der Waals surface area contributed by atoms with E-state index in [1.807, 2.05) is 48.5 Å². The van der Waals surface area contributed by atoms with Crippen LogP contribution in [-0.4, -0.2) is 12.2 Å². The van der Waals surface area contributed by atoms with Crippen LogP contribution in [0.3, 0.4) is 0 Å². The minimum absolute atomic E-state index is 0.533. The van der Waals surface area contributed by atoms with Gasteiger partial charge in [0.25, 0.3) is 0 Å². The summed E-state index contributed by atoms with van der Waals surface area (Å²) in [4.78, 5) is 0. The van der Waals surface area contributed by atoms with Crippen LogP contribution in [0.2, 0.25) is 5.02 Å². The first-order valence-electron chi connectivity index (χ1n) is 5.75. The van der Waals surface area contributed by atoms with Crippen molar-refractivity contribution in [3.05, 3.63) is 64.7 Å². The van der Waals surface area contributed by atoms with E-state index in [0.29, 0.717) is 11.4 Å². The van der Waals surface area contributed by atoms with Crippen molar-refractivity contribution in [2.24, 2.45) is 0 Å². The summed E-state index contributed by atoms with van der Waals surface area (Å²) in [5.41, 5.74) is 1.89. The molecule has 1 unspecified atom stereocenters. The lowest BCUT2D eigenvalue weighted by molar-refractivity contribution is 0.178. The smallest absolute Gasteiger partial charge is 0.118 e. The molecule has 1 atom stereocenters. The molecule has 2 nitrogen and oxygen atoms in total.